The van der Waals surface area contributed by atoms with Crippen LogP contribution in [0.5, 0.6) is 0 Å². The van der Waals surface area contributed by atoms with Gasteiger partial charge in [0.15, 0.2) is 0 Å². The highest BCUT2D eigenvalue weighted by Crippen LogP contribution is 2.26. The van der Waals surface area contributed by atoms with E-state index in [0.717, 1.165) is 25.9 Å². The third-order valence-corrected chi connectivity index (χ3v) is 3.77. The van der Waals surface area contributed by atoms with E-state index in [4.69, 9.17) is 5.73 Å². The van der Waals surface area contributed by atoms with Crippen LogP contribution >= 0.6 is 0 Å². The van der Waals surface area contributed by atoms with Crippen molar-refractivity contribution in [3.63, 3.8) is 0 Å². The molecule has 2 heterocycles. The van der Waals surface area contributed by atoms with Gasteiger partial charge in [-0.15, -0.1) is 0 Å². The van der Waals surface area contributed by atoms with E-state index < -0.39 is 5.91 Å². The van der Waals surface area contributed by atoms with Crippen LogP contribution in [0.2, 0.25) is 0 Å². The normalized spacial score (nSPS) is 17.4. The number of hydrogen-bond acceptors (Lipinski definition) is 4. The van der Waals surface area contributed by atoms with Gasteiger partial charge in [0.25, 0.3) is 5.91 Å². The van der Waals surface area contributed by atoms with Crippen LogP contribution in [0.15, 0.2) is 18.3 Å². The van der Waals surface area contributed by atoms with Crippen molar-refractivity contribution in [2.75, 3.05) is 19.6 Å². The van der Waals surface area contributed by atoms with E-state index in [-0.39, 0.29) is 11.3 Å². The van der Waals surface area contributed by atoms with Gasteiger partial charge >= 0.3 is 0 Å². The van der Waals surface area contributed by atoms with Gasteiger partial charge < -0.3 is 16.4 Å². The van der Waals surface area contributed by atoms with E-state index in [1.54, 1.807) is 0 Å². The zero-order valence-electron chi connectivity index (χ0n) is 11.6. The number of rotatable bonds is 4. The SMILES string of the molecule is CC1(CNC(=O)c2ccc(C(N)=O)cn2)CCNCC1. The molecule has 1 aliphatic heterocycles. The fraction of sp³-hybridized carbons (Fsp3) is 0.500. The molecule has 2 amide bonds. The van der Waals surface area contributed by atoms with E-state index in [2.05, 4.69) is 22.5 Å². The summed E-state index contributed by atoms with van der Waals surface area (Å²) in [6.07, 6.45) is 3.41. The van der Waals surface area contributed by atoms with Crippen molar-refractivity contribution >= 4 is 11.8 Å². The van der Waals surface area contributed by atoms with Gasteiger partial charge in [-0.3, -0.25) is 14.6 Å². The maximum Gasteiger partial charge on any atom is 0.269 e. The third kappa shape index (κ3) is 3.54. The summed E-state index contributed by atoms with van der Waals surface area (Å²) in [5.41, 5.74) is 5.86. The summed E-state index contributed by atoms with van der Waals surface area (Å²) in [4.78, 5) is 26.9. The Morgan fingerprint density at radius 1 is 1.40 bits per heavy atom. The van der Waals surface area contributed by atoms with Gasteiger partial charge in [-0.05, 0) is 43.5 Å². The molecule has 20 heavy (non-hydrogen) atoms. The average molecular weight is 276 g/mol. The number of amides is 2. The molecule has 1 aromatic rings. The van der Waals surface area contributed by atoms with Gasteiger partial charge in [-0.25, -0.2) is 0 Å². The van der Waals surface area contributed by atoms with Gasteiger partial charge in [-0.1, -0.05) is 6.92 Å². The molecule has 0 atom stereocenters. The molecule has 1 saturated heterocycles. The van der Waals surface area contributed by atoms with Gasteiger partial charge in [-0.2, -0.15) is 0 Å². The molecule has 0 unspecified atom stereocenters. The molecule has 1 aromatic heterocycles. The highest BCUT2D eigenvalue weighted by atomic mass is 16.2. The first-order chi connectivity index (χ1) is 9.50. The van der Waals surface area contributed by atoms with Gasteiger partial charge in [0.2, 0.25) is 5.91 Å². The first-order valence-electron chi connectivity index (χ1n) is 6.75. The Morgan fingerprint density at radius 3 is 2.65 bits per heavy atom. The zero-order valence-corrected chi connectivity index (χ0v) is 11.6. The van der Waals surface area contributed by atoms with E-state index >= 15 is 0 Å². The standard InChI is InChI=1S/C14H20N4O2/c1-14(4-6-16-7-5-14)9-18-13(20)11-3-2-10(8-17-11)12(15)19/h2-3,8,16H,4-7,9H2,1H3,(H2,15,19)(H,18,20). The Morgan fingerprint density at radius 2 is 2.10 bits per heavy atom. The summed E-state index contributed by atoms with van der Waals surface area (Å²) in [7, 11) is 0. The van der Waals surface area contributed by atoms with Crippen LogP contribution in [-0.4, -0.2) is 36.4 Å². The number of nitrogens with two attached hydrogens (primary N) is 1. The molecule has 2 rings (SSSR count). The largest absolute Gasteiger partial charge is 0.366 e. The van der Waals surface area contributed by atoms with Crippen LogP contribution in [0.4, 0.5) is 0 Å². The Balaban J connectivity index is 1.92. The second-order valence-electron chi connectivity index (χ2n) is 5.54. The number of nitrogens with one attached hydrogen (secondary N) is 2. The fourth-order valence-corrected chi connectivity index (χ4v) is 2.27. The van der Waals surface area contributed by atoms with Crippen LogP contribution in [0.3, 0.4) is 0 Å². The molecule has 0 saturated carbocycles. The Bertz CT molecular complexity index is 492. The molecule has 6 heteroatoms. The maximum atomic E-state index is 12.0. The van der Waals surface area contributed by atoms with Crippen LogP contribution in [-0.2, 0) is 0 Å². The molecular formula is C14H20N4O2. The molecule has 0 bridgehead atoms. The molecule has 1 fully saturated rings. The summed E-state index contributed by atoms with van der Waals surface area (Å²) in [5.74, 6) is -0.771. The molecule has 0 aromatic carbocycles. The minimum absolute atomic E-state index is 0.133. The number of carbonyl (C=O) groups is 2. The second kappa shape index (κ2) is 6.00. The lowest BCUT2D eigenvalue weighted by molar-refractivity contribution is 0.0915. The molecule has 0 spiro atoms. The predicted octanol–water partition coefficient (Wildman–Crippen LogP) is 0.300. The van der Waals surface area contributed by atoms with Gasteiger partial charge in [0, 0.05) is 12.7 Å². The van der Waals surface area contributed by atoms with Gasteiger partial charge in [0.1, 0.15) is 5.69 Å². The van der Waals surface area contributed by atoms with Crippen LogP contribution < -0.4 is 16.4 Å². The van der Waals surface area contributed by atoms with Crippen LogP contribution in [0.25, 0.3) is 0 Å². The second-order valence-corrected chi connectivity index (χ2v) is 5.54. The molecular weight excluding hydrogens is 256 g/mol. The molecule has 0 radical (unpaired) electrons. The van der Waals surface area contributed by atoms with E-state index in [1.165, 1.54) is 18.3 Å². The smallest absolute Gasteiger partial charge is 0.269 e. The lowest BCUT2D eigenvalue weighted by Gasteiger charge is -2.34. The minimum Gasteiger partial charge on any atom is -0.366 e. The first-order valence-corrected chi connectivity index (χ1v) is 6.75. The van der Waals surface area contributed by atoms with Crippen molar-refractivity contribution in [1.29, 1.82) is 0 Å². The number of carbonyl (C=O) groups excluding carboxylic acids is 2. The third-order valence-electron chi connectivity index (χ3n) is 3.77. The fourth-order valence-electron chi connectivity index (χ4n) is 2.27. The molecule has 1 aliphatic rings. The predicted molar refractivity (Wildman–Crippen MR) is 75.3 cm³/mol. The highest BCUT2D eigenvalue weighted by molar-refractivity contribution is 5.95. The topological polar surface area (TPSA) is 97.1 Å². The Labute approximate surface area is 118 Å². The number of hydrogen-bond donors (Lipinski definition) is 3. The van der Waals surface area contributed by atoms with E-state index in [0.29, 0.717) is 17.8 Å². The Kier molecular flexibility index (Phi) is 4.34. The Hall–Kier alpha value is -1.95. The molecule has 0 aliphatic carbocycles. The van der Waals surface area contributed by atoms with Gasteiger partial charge in [0.05, 0.1) is 5.56 Å². The van der Waals surface area contributed by atoms with Crippen molar-refractivity contribution in [3.05, 3.63) is 29.6 Å². The lowest BCUT2D eigenvalue weighted by Crippen LogP contribution is -2.43. The quantitative estimate of drug-likeness (QED) is 0.736. The van der Waals surface area contributed by atoms with Crippen LogP contribution in [0.1, 0.15) is 40.6 Å². The maximum absolute atomic E-state index is 12.0. The zero-order chi connectivity index (χ0) is 14.6. The summed E-state index contributed by atoms with van der Waals surface area (Å²) in [5, 5.41) is 6.22. The number of nitrogens with zero attached hydrogens (tertiary/aromatic N) is 1. The number of pyridine rings is 1. The summed E-state index contributed by atoms with van der Waals surface area (Å²) in [6, 6.07) is 3.02. The summed E-state index contributed by atoms with van der Waals surface area (Å²) < 4.78 is 0. The van der Waals surface area contributed by atoms with Crippen molar-refractivity contribution in [2.45, 2.75) is 19.8 Å². The lowest BCUT2D eigenvalue weighted by atomic mass is 9.81. The summed E-state index contributed by atoms with van der Waals surface area (Å²) in [6.45, 7) is 4.78. The van der Waals surface area contributed by atoms with Crippen molar-refractivity contribution in [1.82, 2.24) is 15.6 Å². The van der Waals surface area contributed by atoms with E-state index in [1.807, 2.05) is 0 Å². The van der Waals surface area contributed by atoms with Crippen molar-refractivity contribution in [2.24, 2.45) is 11.1 Å². The van der Waals surface area contributed by atoms with Crippen molar-refractivity contribution < 1.29 is 9.59 Å². The van der Waals surface area contributed by atoms with Crippen LogP contribution in [0, 0.1) is 5.41 Å². The monoisotopic (exact) mass is 276 g/mol. The number of piperidine rings is 1. The van der Waals surface area contributed by atoms with E-state index in [9.17, 15) is 9.59 Å². The highest BCUT2D eigenvalue weighted by Gasteiger charge is 2.27. The summed E-state index contributed by atoms with van der Waals surface area (Å²) >= 11 is 0. The van der Waals surface area contributed by atoms with Crippen molar-refractivity contribution in [3.8, 4) is 0 Å². The first kappa shape index (κ1) is 14.5. The molecule has 4 N–H and O–H groups in total. The molecule has 6 nitrogen and oxygen atoms in total. The number of aromatic nitrogens is 1. The average Bonchev–Trinajstić information content (AvgIpc) is 2.46. The molecule has 108 valence electrons. The minimum atomic E-state index is -0.549. The number of primary amides is 1.